The molecule has 1 aromatic carbocycles. The lowest BCUT2D eigenvalue weighted by Gasteiger charge is -2.04. The van der Waals surface area contributed by atoms with Crippen LogP contribution < -0.4 is 9.47 Å². The summed E-state index contributed by atoms with van der Waals surface area (Å²) in [6, 6.07) is 7.40. The van der Waals surface area contributed by atoms with E-state index in [0.29, 0.717) is 17.9 Å². The van der Waals surface area contributed by atoms with Crippen LogP contribution in [0.1, 0.15) is 15.9 Å². The van der Waals surface area contributed by atoms with Gasteiger partial charge in [0, 0.05) is 5.56 Å². The molecule has 1 aliphatic rings. The van der Waals surface area contributed by atoms with E-state index in [1.165, 1.54) is 11.3 Å². The van der Waals surface area contributed by atoms with Gasteiger partial charge in [-0.3, -0.25) is 4.79 Å². The number of carbonyl (C=O) groups is 1. The summed E-state index contributed by atoms with van der Waals surface area (Å²) in [6.45, 7) is 0.640. The molecule has 2 aromatic rings. The van der Waals surface area contributed by atoms with E-state index >= 15 is 0 Å². The van der Waals surface area contributed by atoms with E-state index in [1.54, 1.807) is 6.07 Å². The smallest absolute Gasteiger partial charge is 0.231 e. The predicted octanol–water partition coefficient (Wildman–Crippen LogP) is 4.40. The Bertz CT molecular complexity index is 684. The van der Waals surface area contributed by atoms with Gasteiger partial charge in [-0.05, 0) is 55.6 Å². The first-order valence-corrected chi connectivity index (χ1v) is 8.48. The topological polar surface area (TPSA) is 44.8 Å². The van der Waals surface area contributed by atoms with Crippen LogP contribution in [0.4, 0.5) is 0 Å². The van der Waals surface area contributed by atoms with Crippen molar-refractivity contribution < 1.29 is 19.0 Å². The number of ether oxygens (including phenoxy) is 3. The highest BCUT2D eigenvalue weighted by Gasteiger charge is 2.15. The summed E-state index contributed by atoms with van der Waals surface area (Å²) in [5, 5.41) is 0. The molecular formula is C14H10Br2O4S. The maximum atomic E-state index is 12.0. The number of ketones is 1. The minimum Gasteiger partial charge on any atom is -0.454 e. The molecular weight excluding hydrogens is 424 g/mol. The molecule has 0 radical (unpaired) electrons. The van der Waals surface area contributed by atoms with Crippen molar-refractivity contribution in [2.24, 2.45) is 0 Å². The van der Waals surface area contributed by atoms with Crippen LogP contribution in [0.2, 0.25) is 0 Å². The Labute approximate surface area is 142 Å². The average Bonchev–Trinajstić information content (AvgIpc) is 3.04. The molecule has 110 valence electrons. The molecule has 0 aliphatic carbocycles. The number of Topliss-reactive ketones (excluding diaryl/α,β-unsaturated/α-hetero) is 1. The SMILES string of the molecule is O=C(COCc1ccc2c(c1)OCO2)c1cc(Br)sc1Br. The Morgan fingerprint density at radius 3 is 2.81 bits per heavy atom. The second-order valence-electron chi connectivity index (χ2n) is 4.34. The molecule has 3 rings (SSSR count). The minimum absolute atomic E-state index is 0.0379. The number of rotatable bonds is 5. The number of hydrogen-bond donors (Lipinski definition) is 0. The fraction of sp³-hybridized carbons (Fsp3) is 0.214. The van der Waals surface area contributed by atoms with Gasteiger partial charge in [-0.25, -0.2) is 0 Å². The van der Waals surface area contributed by atoms with E-state index < -0.39 is 0 Å². The van der Waals surface area contributed by atoms with E-state index in [0.717, 1.165) is 18.9 Å². The summed E-state index contributed by atoms with van der Waals surface area (Å²) in [6.07, 6.45) is 0. The molecule has 4 nitrogen and oxygen atoms in total. The molecule has 1 aliphatic heterocycles. The highest BCUT2D eigenvalue weighted by Crippen LogP contribution is 2.33. The van der Waals surface area contributed by atoms with Gasteiger partial charge in [0.1, 0.15) is 6.61 Å². The monoisotopic (exact) mass is 432 g/mol. The average molecular weight is 434 g/mol. The lowest BCUT2D eigenvalue weighted by molar-refractivity contribution is 0.0726. The maximum Gasteiger partial charge on any atom is 0.231 e. The third-order valence-corrected chi connectivity index (χ3v) is 5.24. The normalized spacial score (nSPS) is 12.7. The van der Waals surface area contributed by atoms with Gasteiger partial charge in [0.15, 0.2) is 17.3 Å². The molecule has 1 aromatic heterocycles. The van der Waals surface area contributed by atoms with Gasteiger partial charge < -0.3 is 14.2 Å². The highest BCUT2D eigenvalue weighted by atomic mass is 79.9. The van der Waals surface area contributed by atoms with Crippen LogP contribution in [0, 0.1) is 0 Å². The summed E-state index contributed by atoms with van der Waals surface area (Å²) >= 11 is 8.19. The predicted molar refractivity (Wildman–Crippen MR) is 86.3 cm³/mol. The van der Waals surface area contributed by atoms with Crippen molar-refractivity contribution >= 4 is 49.0 Å². The molecule has 0 atom stereocenters. The fourth-order valence-corrected chi connectivity index (χ4v) is 4.76. The number of fused-ring (bicyclic) bond motifs is 1. The molecule has 7 heteroatoms. The Morgan fingerprint density at radius 1 is 1.24 bits per heavy atom. The number of thiophene rings is 1. The number of carbonyl (C=O) groups excluding carboxylic acids is 1. The van der Waals surface area contributed by atoms with E-state index in [9.17, 15) is 4.79 Å². The van der Waals surface area contributed by atoms with Gasteiger partial charge in [0.2, 0.25) is 6.79 Å². The van der Waals surface area contributed by atoms with Crippen molar-refractivity contribution in [2.45, 2.75) is 6.61 Å². The molecule has 2 heterocycles. The van der Waals surface area contributed by atoms with Gasteiger partial charge in [0.25, 0.3) is 0 Å². The van der Waals surface area contributed by atoms with Crippen LogP contribution in [-0.2, 0) is 11.3 Å². The van der Waals surface area contributed by atoms with Crippen LogP contribution in [0.25, 0.3) is 0 Å². The molecule has 0 N–H and O–H groups in total. The molecule has 0 fully saturated rings. The zero-order chi connectivity index (χ0) is 14.8. The van der Waals surface area contributed by atoms with E-state index in [4.69, 9.17) is 14.2 Å². The molecule has 0 saturated heterocycles. The third kappa shape index (κ3) is 3.48. The van der Waals surface area contributed by atoms with Gasteiger partial charge in [-0.15, -0.1) is 11.3 Å². The Kier molecular flexibility index (Phi) is 4.63. The zero-order valence-electron chi connectivity index (χ0n) is 10.7. The van der Waals surface area contributed by atoms with Crippen molar-refractivity contribution in [2.75, 3.05) is 13.4 Å². The minimum atomic E-state index is -0.0513. The second-order valence-corrected chi connectivity index (χ2v) is 8.09. The second kappa shape index (κ2) is 6.48. The Hall–Kier alpha value is -0.890. The molecule has 0 bridgehead atoms. The van der Waals surface area contributed by atoms with E-state index in [-0.39, 0.29) is 19.2 Å². The van der Waals surface area contributed by atoms with Gasteiger partial charge in [0.05, 0.1) is 14.2 Å². The van der Waals surface area contributed by atoms with Crippen molar-refractivity contribution in [1.82, 2.24) is 0 Å². The van der Waals surface area contributed by atoms with Crippen LogP contribution >= 0.6 is 43.2 Å². The molecule has 21 heavy (non-hydrogen) atoms. The van der Waals surface area contributed by atoms with Crippen LogP contribution in [-0.4, -0.2) is 19.2 Å². The van der Waals surface area contributed by atoms with Crippen molar-refractivity contribution in [3.05, 3.63) is 43.0 Å². The van der Waals surface area contributed by atoms with Gasteiger partial charge in [-0.1, -0.05) is 6.07 Å². The molecule has 0 unspecified atom stereocenters. The van der Waals surface area contributed by atoms with Crippen LogP contribution in [0.15, 0.2) is 31.8 Å². The first-order valence-electron chi connectivity index (χ1n) is 6.08. The van der Waals surface area contributed by atoms with Crippen molar-refractivity contribution in [1.29, 1.82) is 0 Å². The summed E-state index contributed by atoms with van der Waals surface area (Å²) in [4.78, 5) is 12.0. The van der Waals surface area contributed by atoms with Crippen molar-refractivity contribution in [3.8, 4) is 11.5 Å². The summed E-state index contributed by atoms with van der Waals surface area (Å²) in [5.74, 6) is 1.40. The summed E-state index contributed by atoms with van der Waals surface area (Å²) in [7, 11) is 0. The number of hydrogen-bond acceptors (Lipinski definition) is 5. The van der Waals surface area contributed by atoms with Crippen LogP contribution in [0.5, 0.6) is 11.5 Å². The summed E-state index contributed by atoms with van der Waals surface area (Å²) < 4.78 is 17.7. The van der Waals surface area contributed by atoms with Crippen molar-refractivity contribution in [3.63, 3.8) is 0 Å². The first kappa shape index (κ1) is 15.0. The van der Waals surface area contributed by atoms with E-state index in [1.807, 2.05) is 18.2 Å². The van der Waals surface area contributed by atoms with Gasteiger partial charge in [-0.2, -0.15) is 0 Å². The highest BCUT2D eigenvalue weighted by molar-refractivity contribution is 9.12. The quantitative estimate of drug-likeness (QED) is 0.655. The summed E-state index contributed by atoms with van der Waals surface area (Å²) in [5.41, 5.74) is 1.58. The third-order valence-electron chi connectivity index (χ3n) is 2.90. The van der Waals surface area contributed by atoms with E-state index in [2.05, 4.69) is 31.9 Å². The Balaban J connectivity index is 1.56. The Morgan fingerprint density at radius 2 is 2.05 bits per heavy atom. The zero-order valence-corrected chi connectivity index (χ0v) is 14.7. The van der Waals surface area contributed by atoms with Gasteiger partial charge >= 0.3 is 0 Å². The standard InChI is InChI=1S/C14H10Br2O4S/c15-13-4-9(14(16)21-13)10(17)6-18-5-8-1-2-11-12(3-8)20-7-19-11/h1-4H,5-7H2. The maximum absolute atomic E-state index is 12.0. The number of benzene rings is 1. The van der Waals surface area contributed by atoms with Crippen LogP contribution in [0.3, 0.4) is 0 Å². The molecule has 0 spiro atoms. The number of halogens is 2. The lowest BCUT2D eigenvalue weighted by Crippen LogP contribution is -2.08. The largest absolute Gasteiger partial charge is 0.454 e. The molecule has 0 amide bonds. The lowest BCUT2D eigenvalue weighted by atomic mass is 10.2. The first-order chi connectivity index (χ1) is 10.1. The fourth-order valence-electron chi connectivity index (χ4n) is 1.90. The molecule has 0 saturated carbocycles.